The minimum atomic E-state index is -0.371. The van der Waals surface area contributed by atoms with Crippen molar-refractivity contribution in [3.63, 3.8) is 0 Å². The molecule has 0 radical (unpaired) electrons. The van der Waals surface area contributed by atoms with Gasteiger partial charge in [-0.2, -0.15) is 0 Å². The van der Waals surface area contributed by atoms with Crippen LogP contribution in [0, 0.1) is 0 Å². The highest BCUT2D eigenvalue weighted by Crippen LogP contribution is 2.29. The summed E-state index contributed by atoms with van der Waals surface area (Å²) in [5.74, 6) is 0.844. The lowest BCUT2D eigenvalue weighted by Crippen LogP contribution is -2.18. The Balaban J connectivity index is 2.00. The van der Waals surface area contributed by atoms with Crippen molar-refractivity contribution in [1.29, 1.82) is 0 Å². The smallest absolute Gasteiger partial charge is 0.344 e. The first-order valence-electron chi connectivity index (χ1n) is 7.40. The van der Waals surface area contributed by atoms with Gasteiger partial charge in [0.1, 0.15) is 0 Å². The van der Waals surface area contributed by atoms with Crippen LogP contribution in [0.25, 0.3) is 0 Å². The standard InChI is InChI=1S/C16H23NO4/c1-3-20-16(18)12-21-15-10-13(6-7-14(15)19-2)11-17-8-4-5-9-17/h6-7,10H,3-5,8-9,11-12H2,1-2H3. The Bertz CT molecular complexity index is 469. The molecule has 0 aromatic heterocycles. The molecule has 0 spiro atoms. The average Bonchev–Trinajstić information content (AvgIpc) is 2.98. The van der Waals surface area contributed by atoms with Gasteiger partial charge in [0.25, 0.3) is 0 Å². The van der Waals surface area contributed by atoms with E-state index in [2.05, 4.69) is 4.90 Å². The van der Waals surface area contributed by atoms with Crippen molar-refractivity contribution in [1.82, 2.24) is 4.90 Å². The number of ether oxygens (including phenoxy) is 3. The third kappa shape index (κ3) is 4.63. The van der Waals surface area contributed by atoms with Crippen LogP contribution >= 0.6 is 0 Å². The number of esters is 1. The number of carbonyl (C=O) groups excluding carboxylic acids is 1. The maximum atomic E-state index is 11.4. The minimum Gasteiger partial charge on any atom is -0.493 e. The summed E-state index contributed by atoms with van der Waals surface area (Å²) in [6.45, 7) is 5.22. The van der Waals surface area contributed by atoms with Crippen LogP contribution in [-0.4, -0.2) is 44.3 Å². The average molecular weight is 293 g/mol. The molecule has 1 aromatic carbocycles. The van der Waals surface area contributed by atoms with Gasteiger partial charge < -0.3 is 14.2 Å². The van der Waals surface area contributed by atoms with Crippen LogP contribution < -0.4 is 9.47 Å². The number of nitrogens with zero attached hydrogens (tertiary/aromatic N) is 1. The molecule has 0 amide bonds. The number of rotatable bonds is 7. The van der Waals surface area contributed by atoms with E-state index in [9.17, 15) is 4.79 Å². The van der Waals surface area contributed by atoms with Crippen molar-refractivity contribution >= 4 is 5.97 Å². The summed E-state index contributed by atoms with van der Waals surface area (Å²) in [5.41, 5.74) is 1.16. The van der Waals surface area contributed by atoms with Crippen LogP contribution in [0.1, 0.15) is 25.3 Å². The highest BCUT2D eigenvalue weighted by molar-refractivity contribution is 5.71. The number of likely N-dealkylation sites (tertiary alicyclic amines) is 1. The Morgan fingerprint density at radius 1 is 1.24 bits per heavy atom. The highest BCUT2D eigenvalue weighted by atomic mass is 16.6. The maximum absolute atomic E-state index is 11.4. The summed E-state index contributed by atoms with van der Waals surface area (Å²) in [6.07, 6.45) is 2.53. The molecule has 1 aliphatic heterocycles. The normalized spacial score (nSPS) is 15.0. The molecule has 1 heterocycles. The Labute approximate surface area is 125 Å². The molecule has 1 aromatic rings. The zero-order chi connectivity index (χ0) is 15.1. The molecule has 116 valence electrons. The Kier molecular flexibility index (Phi) is 5.87. The van der Waals surface area contributed by atoms with Gasteiger partial charge in [0.2, 0.25) is 0 Å². The van der Waals surface area contributed by atoms with Gasteiger partial charge in [-0.1, -0.05) is 6.07 Å². The molecule has 1 aliphatic rings. The van der Waals surface area contributed by atoms with Gasteiger partial charge in [-0.25, -0.2) is 4.79 Å². The van der Waals surface area contributed by atoms with E-state index >= 15 is 0 Å². The molecule has 5 nitrogen and oxygen atoms in total. The molecule has 1 fully saturated rings. The maximum Gasteiger partial charge on any atom is 0.344 e. The van der Waals surface area contributed by atoms with Gasteiger partial charge >= 0.3 is 5.97 Å². The molecule has 0 unspecified atom stereocenters. The van der Waals surface area contributed by atoms with Crippen molar-refractivity contribution in [3.05, 3.63) is 23.8 Å². The topological polar surface area (TPSA) is 48.0 Å². The minimum absolute atomic E-state index is 0.0998. The van der Waals surface area contributed by atoms with Gasteiger partial charge in [0, 0.05) is 6.54 Å². The number of hydrogen-bond acceptors (Lipinski definition) is 5. The molecule has 0 bridgehead atoms. The summed E-state index contributed by atoms with van der Waals surface area (Å²) < 4.78 is 15.7. The molecule has 21 heavy (non-hydrogen) atoms. The molecule has 0 aliphatic carbocycles. The zero-order valence-electron chi connectivity index (χ0n) is 12.8. The monoisotopic (exact) mass is 293 g/mol. The first-order valence-corrected chi connectivity index (χ1v) is 7.40. The molecular weight excluding hydrogens is 270 g/mol. The van der Waals surface area contributed by atoms with E-state index in [0.717, 1.165) is 25.2 Å². The summed E-state index contributed by atoms with van der Waals surface area (Å²) in [4.78, 5) is 13.8. The van der Waals surface area contributed by atoms with E-state index in [1.807, 2.05) is 18.2 Å². The molecule has 0 atom stereocenters. The van der Waals surface area contributed by atoms with E-state index < -0.39 is 0 Å². The van der Waals surface area contributed by atoms with Crippen LogP contribution in [-0.2, 0) is 16.1 Å². The van der Waals surface area contributed by atoms with Gasteiger partial charge in [-0.3, -0.25) is 4.90 Å². The molecule has 5 heteroatoms. The summed E-state index contributed by atoms with van der Waals surface area (Å²) in [5, 5.41) is 0. The summed E-state index contributed by atoms with van der Waals surface area (Å²) in [6, 6.07) is 5.86. The Morgan fingerprint density at radius 3 is 2.67 bits per heavy atom. The molecule has 0 saturated carbocycles. The molecule has 0 N–H and O–H groups in total. The second-order valence-electron chi connectivity index (χ2n) is 5.06. The van der Waals surface area contributed by atoms with Gasteiger partial charge in [-0.15, -0.1) is 0 Å². The lowest BCUT2D eigenvalue weighted by atomic mass is 10.2. The molecule has 2 rings (SSSR count). The number of carbonyl (C=O) groups is 1. The van der Waals surface area contributed by atoms with Gasteiger partial charge in [-0.05, 0) is 50.6 Å². The van der Waals surface area contributed by atoms with Crippen molar-refractivity contribution in [2.45, 2.75) is 26.3 Å². The van der Waals surface area contributed by atoms with E-state index in [-0.39, 0.29) is 12.6 Å². The van der Waals surface area contributed by atoms with Crippen LogP contribution in [0.3, 0.4) is 0 Å². The Hall–Kier alpha value is -1.75. The molecule has 1 saturated heterocycles. The number of benzene rings is 1. The first-order chi connectivity index (χ1) is 10.2. The van der Waals surface area contributed by atoms with E-state index in [1.54, 1.807) is 14.0 Å². The van der Waals surface area contributed by atoms with Crippen molar-refractivity contribution in [2.24, 2.45) is 0 Å². The third-order valence-electron chi connectivity index (χ3n) is 3.48. The fourth-order valence-electron chi connectivity index (χ4n) is 2.47. The fraction of sp³-hybridized carbons (Fsp3) is 0.562. The lowest BCUT2D eigenvalue weighted by molar-refractivity contribution is -0.145. The zero-order valence-corrected chi connectivity index (χ0v) is 12.8. The Morgan fingerprint density at radius 2 is 2.00 bits per heavy atom. The second-order valence-corrected chi connectivity index (χ2v) is 5.06. The SMILES string of the molecule is CCOC(=O)COc1cc(CN2CCCC2)ccc1OC. The van der Waals surface area contributed by atoms with Gasteiger partial charge in [0.05, 0.1) is 13.7 Å². The lowest BCUT2D eigenvalue weighted by Gasteiger charge is -2.16. The number of hydrogen-bond donors (Lipinski definition) is 0. The van der Waals surface area contributed by atoms with E-state index in [4.69, 9.17) is 14.2 Å². The van der Waals surface area contributed by atoms with E-state index in [0.29, 0.717) is 18.1 Å². The van der Waals surface area contributed by atoms with Crippen LogP contribution in [0.15, 0.2) is 18.2 Å². The summed E-state index contributed by atoms with van der Waals surface area (Å²) >= 11 is 0. The van der Waals surface area contributed by atoms with Crippen LogP contribution in [0.2, 0.25) is 0 Å². The van der Waals surface area contributed by atoms with Crippen molar-refractivity contribution < 1.29 is 19.0 Å². The third-order valence-corrected chi connectivity index (χ3v) is 3.48. The van der Waals surface area contributed by atoms with E-state index in [1.165, 1.54) is 12.8 Å². The fourth-order valence-corrected chi connectivity index (χ4v) is 2.47. The van der Waals surface area contributed by atoms with Gasteiger partial charge in [0.15, 0.2) is 18.1 Å². The van der Waals surface area contributed by atoms with Crippen molar-refractivity contribution in [3.8, 4) is 11.5 Å². The second kappa shape index (κ2) is 7.88. The van der Waals surface area contributed by atoms with Crippen molar-refractivity contribution in [2.75, 3.05) is 33.4 Å². The van der Waals surface area contributed by atoms with Crippen LogP contribution in [0.5, 0.6) is 11.5 Å². The first kappa shape index (κ1) is 15.6. The quantitative estimate of drug-likeness (QED) is 0.722. The summed E-state index contributed by atoms with van der Waals surface area (Å²) in [7, 11) is 1.59. The predicted octanol–water partition coefficient (Wildman–Crippen LogP) is 2.23. The highest BCUT2D eigenvalue weighted by Gasteiger charge is 2.14. The van der Waals surface area contributed by atoms with Crippen LogP contribution in [0.4, 0.5) is 0 Å². The molecular formula is C16H23NO4. The predicted molar refractivity (Wildman–Crippen MR) is 79.6 cm³/mol. The largest absolute Gasteiger partial charge is 0.493 e. The number of methoxy groups -OCH3 is 1.